The van der Waals surface area contributed by atoms with Crippen LogP contribution in [0.1, 0.15) is 50.9 Å². The fourth-order valence-corrected chi connectivity index (χ4v) is 2.68. The first-order chi connectivity index (χ1) is 12.0. The molecule has 0 unspecified atom stereocenters. The van der Waals surface area contributed by atoms with Crippen LogP contribution in [0.25, 0.3) is 0 Å². The van der Waals surface area contributed by atoms with Crippen molar-refractivity contribution in [1.82, 2.24) is 14.9 Å². The number of benzene rings is 1. The van der Waals surface area contributed by atoms with Crippen molar-refractivity contribution in [2.75, 3.05) is 6.61 Å². The molecule has 134 valence electrons. The van der Waals surface area contributed by atoms with Gasteiger partial charge >= 0.3 is 5.69 Å². The number of nitrogens with zero attached hydrogens (tertiary/aromatic N) is 4. The highest BCUT2D eigenvalue weighted by Gasteiger charge is 2.16. The third-order valence-electron chi connectivity index (χ3n) is 3.83. The summed E-state index contributed by atoms with van der Waals surface area (Å²) in [6.07, 6.45) is 3.36. The molecular formula is C16H21N5O3S. The molecule has 0 aliphatic rings. The third-order valence-corrected chi connectivity index (χ3v) is 4.09. The summed E-state index contributed by atoms with van der Waals surface area (Å²) in [4.78, 5) is 10.7. The van der Waals surface area contributed by atoms with Gasteiger partial charge in [-0.1, -0.05) is 13.8 Å². The first-order valence-corrected chi connectivity index (χ1v) is 8.55. The van der Waals surface area contributed by atoms with E-state index in [1.54, 1.807) is 23.7 Å². The molecule has 0 bridgehead atoms. The Morgan fingerprint density at radius 2 is 2.16 bits per heavy atom. The Morgan fingerprint density at radius 3 is 2.76 bits per heavy atom. The first kappa shape index (κ1) is 18.8. The molecule has 0 aliphatic heterocycles. The molecule has 1 heterocycles. The zero-order valence-electron chi connectivity index (χ0n) is 14.4. The van der Waals surface area contributed by atoms with E-state index in [0.29, 0.717) is 16.9 Å². The second-order valence-corrected chi connectivity index (χ2v) is 5.76. The molecule has 2 rings (SSSR count). The van der Waals surface area contributed by atoms with Crippen molar-refractivity contribution < 1.29 is 9.66 Å². The predicted molar refractivity (Wildman–Crippen MR) is 98.0 cm³/mol. The van der Waals surface area contributed by atoms with Crippen molar-refractivity contribution in [3.8, 4) is 5.75 Å². The molecule has 1 aromatic carbocycles. The highest BCUT2D eigenvalue weighted by Crippen LogP contribution is 2.27. The molecule has 0 radical (unpaired) electrons. The lowest BCUT2D eigenvalue weighted by Crippen LogP contribution is -2.05. The van der Waals surface area contributed by atoms with Crippen molar-refractivity contribution in [1.29, 1.82) is 0 Å². The quantitative estimate of drug-likeness (QED) is 0.330. The Bertz CT molecular complexity index is 823. The molecule has 0 spiro atoms. The number of hydrogen-bond acceptors (Lipinski definition) is 6. The highest BCUT2D eigenvalue weighted by atomic mass is 32.1. The standard InChI is InChI=1S/C16H21N5O3S/c1-4-12(5-2)15-18-19-16(25)20(15)17-10-11-7-8-14(24-6-3)13(9-11)21(22)23/h7-10,12H,4-6H2,1-3H3,(H,19,25)/b17-10-. The molecule has 9 heteroatoms. The van der Waals surface area contributed by atoms with E-state index < -0.39 is 4.92 Å². The number of ether oxygens (including phenoxy) is 1. The van der Waals surface area contributed by atoms with Crippen molar-refractivity contribution in [2.24, 2.45) is 5.10 Å². The van der Waals surface area contributed by atoms with E-state index in [-0.39, 0.29) is 17.4 Å². The summed E-state index contributed by atoms with van der Waals surface area (Å²) in [5.41, 5.74) is 0.482. The van der Waals surface area contributed by atoms with Gasteiger partial charge in [0.2, 0.25) is 4.77 Å². The van der Waals surface area contributed by atoms with Crippen LogP contribution in [0.5, 0.6) is 5.75 Å². The van der Waals surface area contributed by atoms with Gasteiger partial charge in [-0.3, -0.25) is 15.2 Å². The lowest BCUT2D eigenvalue weighted by Gasteiger charge is -2.10. The molecule has 2 aromatic rings. The van der Waals surface area contributed by atoms with Crippen molar-refractivity contribution in [3.63, 3.8) is 0 Å². The van der Waals surface area contributed by atoms with Crippen LogP contribution in [-0.4, -0.2) is 32.6 Å². The molecule has 0 fully saturated rings. The average molecular weight is 363 g/mol. The number of aromatic amines is 1. The van der Waals surface area contributed by atoms with E-state index in [4.69, 9.17) is 17.0 Å². The van der Waals surface area contributed by atoms with Crippen molar-refractivity contribution >= 4 is 24.1 Å². The number of nitrogens with one attached hydrogen (secondary N) is 1. The zero-order valence-corrected chi connectivity index (χ0v) is 15.2. The van der Waals surface area contributed by atoms with Gasteiger partial charge in [-0.2, -0.15) is 14.9 Å². The van der Waals surface area contributed by atoms with Gasteiger partial charge in [-0.05, 0) is 44.1 Å². The summed E-state index contributed by atoms with van der Waals surface area (Å²) in [5, 5.41) is 22.6. The maximum Gasteiger partial charge on any atom is 0.311 e. The molecule has 0 atom stereocenters. The maximum absolute atomic E-state index is 11.2. The van der Waals surface area contributed by atoms with Crippen LogP contribution in [0.3, 0.4) is 0 Å². The van der Waals surface area contributed by atoms with Gasteiger partial charge in [0.1, 0.15) is 0 Å². The molecule has 1 aromatic heterocycles. The summed E-state index contributed by atoms with van der Waals surface area (Å²) < 4.78 is 7.23. The van der Waals surface area contributed by atoms with Gasteiger partial charge in [0.15, 0.2) is 11.6 Å². The molecule has 0 aliphatic carbocycles. The summed E-state index contributed by atoms with van der Waals surface area (Å²) in [6, 6.07) is 4.70. The monoisotopic (exact) mass is 363 g/mol. The van der Waals surface area contributed by atoms with Crippen LogP contribution in [0, 0.1) is 14.9 Å². The van der Waals surface area contributed by atoms with Crippen LogP contribution in [0.4, 0.5) is 5.69 Å². The van der Waals surface area contributed by atoms with Gasteiger partial charge in [-0.15, -0.1) is 0 Å². The Balaban J connectivity index is 2.37. The van der Waals surface area contributed by atoms with Gasteiger partial charge in [0.05, 0.1) is 17.7 Å². The molecule has 8 nitrogen and oxygen atoms in total. The smallest absolute Gasteiger partial charge is 0.311 e. The second-order valence-electron chi connectivity index (χ2n) is 5.37. The van der Waals surface area contributed by atoms with Crippen LogP contribution < -0.4 is 4.74 Å². The van der Waals surface area contributed by atoms with Crippen LogP contribution in [-0.2, 0) is 0 Å². The van der Waals surface area contributed by atoms with Crippen LogP contribution >= 0.6 is 12.2 Å². The number of rotatable bonds is 8. The Labute approximate surface area is 150 Å². The largest absolute Gasteiger partial charge is 0.487 e. The van der Waals surface area contributed by atoms with Gasteiger partial charge in [0, 0.05) is 17.5 Å². The Kier molecular flexibility index (Phi) is 6.40. The van der Waals surface area contributed by atoms with Gasteiger partial charge < -0.3 is 4.74 Å². The average Bonchev–Trinajstić information content (AvgIpc) is 2.96. The summed E-state index contributed by atoms with van der Waals surface area (Å²) in [6.45, 7) is 6.29. The number of aromatic nitrogens is 3. The third kappa shape index (κ3) is 4.30. The zero-order chi connectivity index (χ0) is 18.4. The van der Waals surface area contributed by atoms with Gasteiger partial charge in [0.25, 0.3) is 0 Å². The predicted octanol–water partition coefficient (Wildman–Crippen LogP) is 4.03. The molecule has 0 saturated heterocycles. The molecule has 0 saturated carbocycles. The van der Waals surface area contributed by atoms with Crippen LogP contribution in [0.2, 0.25) is 0 Å². The van der Waals surface area contributed by atoms with E-state index in [9.17, 15) is 10.1 Å². The molecule has 25 heavy (non-hydrogen) atoms. The highest BCUT2D eigenvalue weighted by molar-refractivity contribution is 7.71. The van der Waals surface area contributed by atoms with E-state index in [0.717, 1.165) is 18.7 Å². The van der Waals surface area contributed by atoms with E-state index in [1.807, 2.05) is 0 Å². The topological polar surface area (TPSA) is 98.3 Å². The minimum Gasteiger partial charge on any atom is -0.487 e. The fourth-order valence-electron chi connectivity index (χ4n) is 2.49. The first-order valence-electron chi connectivity index (χ1n) is 8.14. The Morgan fingerprint density at radius 1 is 1.44 bits per heavy atom. The SMILES string of the molecule is CCOc1ccc(/C=N\n2c(C(CC)CC)n[nH]c2=S)cc1[N+](=O)[O-]. The van der Waals surface area contributed by atoms with E-state index in [2.05, 4.69) is 29.1 Å². The van der Waals surface area contributed by atoms with Crippen molar-refractivity contribution in [2.45, 2.75) is 39.5 Å². The van der Waals surface area contributed by atoms with E-state index in [1.165, 1.54) is 12.3 Å². The van der Waals surface area contributed by atoms with Crippen LogP contribution in [0.15, 0.2) is 23.3 Å². The molecular weight excluding hydrogens is 342 g/mol. The van der Waals surface area contributed by atoms with E-state index >= 15 is 0 Å². The minimum atomic E-state index is -0.471. The molecule has 1 N–H and O–H groups in total. The number of H-pyrrole nitrogens is 1. The second kappa shape index (κ2) is 8.52. The number of hydrogen-bond donors (Lipinski definition) is 1. The normalized spacial score (nSPS) is 11.4. The Hall–Kier alpha value is -2.55. The summed E-state index contributed by atoms with van der Waals surface area (Å²) in [5.74, 6) is 1.23. The molecule has 0 amide bonds. The summed E-state index contributed by atoms with van der Waals surface area (Å²) in [7, 11) is 0. The maximum atomic E-state index is 11.2. The van der Waals surface area contributed by atoms with Gasteiger partial charge in [-0.25, -0.2) is 0 Å². The number of nitro groups is 1. The fraction of sp³-hybridized carbons (Fsp3) is 0.438. The summed E-state index contributed by atoms with van der Waals surface area (Å²) >= 11 is 5.23. The minimum absolute atomic E-state index is 0.0955. The number of nitro benzene ring substituents is 1. The lowest BCUT2D eigenvalue weighted by atomic mass is 10.0. The van der Waals surface area contributed by atoms with Crippen molar-refractivity contribution in [3.05, 3.63) is 44.5 Å². The lowest BCUT2D eigenvalue weighted by molar-refractivity contribution is -0.385.